The van der Waals surface area contributed by atoms with E-state index in [1.165, 1.54) is 0 Å². The highest BCUT2D eigenvalue weighted by molar-refractivity contribution is 5.85. The van der Waals surface area contributed by atoms with E-state index in [0.29, 0.717) is 11.5 Å². The number of benzene rings is 4. The molecule has 4 aromatic carbocycles. The van der Waals surface area contributed by atoms with Crippen molar-refractivity contribution in [1.82, 2.24) is 10.9 Å². The van der Waals surface area contributed by atoms with Gasteiger partial charge in [-0.1, -0.05) is 84.9 Å². The molecular formula is C29H26N2O4. The second-order valence-corrected chi connectivity index (χ2v) is 7.87. The van der Waals surface area contributed by atoms with Gasteiger partial charge in [0.25, 0.3) is 11.8 Å². The van der Waals surface area contributed by atoms with E-state index in [-0.39, 0.29) is 6.61 Å². The Morgan fingerprint density at radius 1 is 0.629 bits per heavy atom. The van der Waals surface area contributed by atoms with Crippen molar-refractivity contribution in [1.29, 1.82) is 0 Å². The lowest BCUT2D eigenvalue weighted by Gasteiger charge is -2.15. The van der Waals surface area contributed by atoms with Gasteiger partial charge in [-0.2, -0.15) is 0 Å². The maximum Gasteiger partial charge on any atom is 0.279 e. The van der Waals surface area contributed by atoms with Gasteiger partial charge in [0.2, 0.25) is 0 Å². The zero-order chi connectivity index (χ0) is 24.5. The number of amides is 2. The van der Waals surface area contributed by atoms with Crippen LogP contribution in [-0.2, 0) is 9.59 Å². The van der Waals surface area contributed by atoms with Crippen molar-refractivity contribution in [2.24, 2.45) is 0 Å². The van der Waals surface area contributed by atoms with E-state index in [1.54, 1.807) is 19.1 Å². The SMILES string of the molecule is CC(Oc1ccc(-c2ccccc2)cc1)C(=O)NNC(=O)COc1ccc(-c2ccccc2)cc1. The summed E-state index contributed by atoms with van der Waals surface area (Å²) in [5.74, 6) is 0.158. The quantitative estimate of drug-likeness (QED) is 0.358. The third-order valence-electron chi connectivity index (χ3n) is 5.30. The third kappa shape index (κ3) is 6.71. The van der Waals surface area contributed by atoms with E-state index in [9.17, 15) is 9.59 Å². The van der Waals surface area contributed by atoms with Gasteiger partial charge in [0.1, 0.15) is 11.5 Å². The Bertz CT molecular complexity index is 1240. The first-order valence-electron chi connectivity index (χ1n) is 11.3. The fraction of sp³-hybridized carbons (Fsp3) is 0.103. The van der Waals surface area contributed by atoms with Crippen molar-refractivity contribution >= 4 is 11.8 Å². The predicted molar refractivity (Wildman–Crippen MR) is 136 cm³/mol. The lowest BCUT2D eigenvalue weighted by Crippen LogP contribution is -2.48. The van der Waals surface area contributed by atoms with Crippen molar-refractivity contribution in [3.63, 3.8) is 0 Å². The summed E-state index contributed by atoms with van der Waals surface area (Å²) in [4.78, 5) is 24.4. The maximum atomic E-state index is 12.3. The Kier molecular flexibility index (Phi) is 7.76. The average Bonchev–Trinajstić information content (AvgIpc) is 2.92. The predicted octanol–water partition coefficient (Wildman–Crippen LogP) is 5.01. The average molecular weight is 467 g/mol. The van der Waals surface area contributed by atoms with Gasteiger partial charge in [0, 0.05) is 0 Å². The number of hydrogen-bond donors (Lipinski definition) is 2. The molecule has 0 bridgehead atoms. The normalized spacial score (nSPS) is 11.2. The fourth-order valence-electron chi connectivity index (χ4n) is 3.41. The zero-order valence-corrected chi connectivity index (χ0v) is 19.3. The van der Waals surface area contributed by atoms with Gasteiger partial charge in [-0.3, -0.25) is 20.4 Å². The third-order valence-corrected chi connectivity index (χ3v) is 5.30. The number of ether oxygens (including phenoxy) is 2. The lowest BCUT2D eigenvalue weighted by atomic mass is 10.1. The molecule has 0 saturated carbocycles. The minimum absolute atomic E-state index is 0.235. The molecule has 0 aliphatic rings. The number of nitrogens with one attached hydrogen (secondary N) is 2. The van der Waals surface area contributed by atoms with Crippen molar-refractivity contribution in [3.05, 3.63) is 109 Å². The molecule has 4 rings (SSSR count). The summed E-state index contributed by atoms with van der Waals surface area (Å²) in [5.41, 5.74) is 9.01. The monoisotopic (exact) mass is 466 g/mol. The summed E-state index contributed by atoms with van der Waals surface area (Å²) in [6.07, 6.45) is -0.802. The van der Waals surface area contributed by atoms with Crippen LogP contribution in [0.1, 0.15) is 6.92 Å². The molecule has 4 aromatic rings. The van der Waals surface area contributed by atoms with Crippen LogP contribution in [0.4, 0.5) is 0 Å². The molecule has 0 aliphatic heterocycles. The highest BCUT2D eigenvalue weighted by Crippen LogP contribution is 2.23. The smallest absolute Gasteiger partial charge is 0.279 e. The van der Waals surface area contributed by atoms with Crippen molar-refractivity contribution < 1.29 is 19.1 Å². The van der Waals surface area contributed by atoms with E-state index in [1.807, 2.05) is 97.1 Å². The lowest BCUT2D eigenvalue weighted by molar-refractivity contribution is -0.133. The molecule has 0 heterocycles. The minimum Gasteiger partial charge on any atom is -0.484 e. The van der Waals surface area contributed by atoms with Gasteiger partial charge in [-0.05, 0) is 53.4 Å². The highest BCUT2D eigenvalue weighted by atomic mass is 16.5. The van der Waals surface area contributed by atoms with Gasteiger partial charge in [-0.25, -0.2) is 0 Å². The summed E-state index contributed by atoms with van der Waals surface area (Å²) >= 11 is 0. The van der Waals surface area contributed by atoms with Gasteiger partial charge in [0.15, 0.2) is 12.7 Å². The topological polar surface area (TPSA) is 76.7 Å². The Morgan fingerprint density at radius 2 is 1.09 bits per heavy atom. The molecule has 176 valence electrons. The van der Waals surface area contributed by atoms with Crippen LogP contribution in [-0.4, -0.2) is 24.5 Å². The van der Waals surface area contributed by atoms with Gasteiger partial charge >= 0.3 is 0 Å². The molecule has 0 fully saturated rings. The summed E-state index contributed by atoms with van der Waals surface area (Å²) in [7, 11) is 0. The Morgan fingerprint density at radius 3 is 1.60 bits per heavy atom. The van der Waals surface area contributed by atoms with E-state index in [0.717, 1.165) is 22.3 Å². The molecule has 1 atom stereocenters. The molecular weight excluding hydrogens is 440 g/mol. The molecule has 0 radical (unpaired) electrons. The first-order valence-corrected chi connectivity index (χ1v) is 11.3. The number of hydrazine groups is 1. The number of hydrogen-bond acceptors (Lipinski definition) is 4. The largest absolute Gasteiger partial charge is 0.484 e. The molecule has 0 saturated heterocycles. The second kappa shape index (κ2) is 11.5. The highest BCUT2D eigenvalue weighted by Gasteiger charge is 2.15. The van der Waals surface area contributed by atoms with Crippen molar-refractivity contribution in [2.75, 3.05) is 6.61 Å². The summed E-state index contributed by atoms with van der Waals surface area (Å²) < 4.78 is 11.2. The van der Waals surface area contributed by atoms with Crippen LogP contribution in [0.25, 0.3) is 22.3 Å². The number of rotatable bonds is 8. The van der Waals surface area contributed by atoms with Crippen LogP contribution in [0.2, 0.25) is 0 Å². The van der Waals surface area contributed by atoms with Crippen molar-refractivity contribution in [3.8, 4) is 33.8 Å². The van der Waals surface area contributed by atoms with E-state index >= 15 is 0 Å². The van der Waals surface area contributed by atoms with Crippen LogP contribution in [0.5, 0.6) is 11.5 Å². The second-order valence-electron chi connectivity index (χ2n) is 7.87. The Balaban J connectivity index is 1.20. The van der Waals surface area contributed by atoms with Crippen LogP contribution in [0, 0.1) is 0 Å². The molecule has 1 unspecified atom stereocenters. The zero-order valence-electron chi connectivity index (χ0n) is 19.3. The van der Waals surface area contributed by atoms with E-state index in [2.05, 4.69) is 10.9 Å². The van der Waals surface area contributed by atoms with Gasteiger partial charge < -0.3 is 9.47 Å². The maximum absolute atomic E-state index is 12.3. The molecule has 0 spiro atoms. The molecule has 6 nitrogen and oxygen atoms in total. The number of carbonyl (C=O) groups is 2. The summed E-state index contributed by atoms with van der Waals surface area (Å²) in [6, 6.07) is 34.9. The Labute approximate surface area is 204 Å². The van der Waals surface area contributed by atoms with Crippen molar-refractivity contribution in [2.45, 2.75) is 13.0 Å². The molecule has 2 N–H and O–H groups in total. The van der Waals surface area contributed by atoms with E-state index in [4.69, 9.17) is 9.47 Å². The van der Waals surface area contributed by atoms with Gasteiger partial charge in [-0.15, -0.1) is 0 Å². The van der Waals surface area contributed by atoms with Crippen LogP contribution < -0.4 is 20.3 Å². The molecule has 6 heteroatoms. The molecule has 0 aliphatic carbocycles. The standard InChI is InChI=1S/C29H26N2O4/c1-21(35-27-18-14-25(15-19-27)23-10-6-3-7-11-23)29(33)31-30-28(32)20-34-26-16-12-24(13-17-26)22-8-4-2-5-9-22/h2-19,21H,20H2,1H3,(H,30,32)(H,31,33). The minimum atomic E-state index is -0.802. The molecule has 0 aromatic heterocycles. The molecule has 2 amide bonds. The summed E-state index contributed by atoms with van der Waals surface area (Å²) in [5, 5.41) is 0. The Hall–Kier alpha value is -4.58. The van der Waals surface area contributed by atoms with Gasteiger partial charge in [0.05, 0.1) is 0 Å². The van der Waals surface area contributed by atoms with Crippen LogP contribution in [0.15, 0.2) is 109 Å². The fourth-order valence-corrected chi connectivity index (χ4v) is 3.41. The number of carbonyl (C=O) groups excluding carboxylic acids is 2. The first-order chi connectivity index (χ1) is 17.1. The first kappa shape index (κ1) is 23.6. The van der Waals surface area contributed by atoms with E-state index < -0.39 is 17.9 Å². The van der Waals surface area contributed by atoms with Crippen LogP contribution >= 0.6 is 0 Å². The summed E-state index contributed by atoms with van der Waals surface area (Å²) in [6.45, 7) is 1.37. The van der Waals surface area contributed by atoms with Crippen LogP contribution in [0.3, 0.4) is 0 Å². The molecule has 35 heavy (non-hydrogen) atoms.